The molecule has 1 amide bonds. The third-order valence-corrected chi connectivity index (χ3v) is 3.23. The monoisotopic (exact) mass is 287 g/mol. The molecular formula is C15H17N3O3. The minimum atomic E-state index is -1.08. The highest BCUT2D eigenvalue weighted by molar-refractivity contribution is 5.97. The molecule has 2 rings (SSSR count). The van der Waals surface area contributed by atoms with E-state index in [1.807, 2.05) is 19.1 Å². The molecule has 21 heavy (non-hydrogen) atoms. The Kier molecular flexibility index (Phi) is 4.71. The second-order valence-electron chi connectivity index (χ2n) is 4.66. The lowest BCUT2D eigenvalue weighted by molar-refractivity contribution is -0.139. The molecule has 0 radical (unpaired) electrons. The first-order valence-corrected chi connectivity index (χ1v) is 6.70. The number of hydrogen-bond donors (Lipinski definition) is 3. The highest BCUT2D eigenvalue weighted by Gasteiger charge is 2.22. The van der Waals surface area contributed by atoms with Crippen molar-refractivity contribution in [2.75, 3.05) is 0 Å². The maximum absolute atomic E-state index is 12.3. The van der Waals surface area contributed by atoms with Crippen molar-refractivity contribution in [2.24, 2.45) is 0 Å². The quantitative estimate of drug-likeness (QED) is 0.748. The SMILES string of the molecule is CCc1ccccc1C(=O)N[C@@H](Cc1cnc[nH]1)C(=O)O. The van der Waals surface area contributed by atoms with E-state index < -0.39 is 12.0 Å². The van der Waals surface area contributed by atoms with Gasteiger partial charge in [-0.25, -0.2) is 9.78 Å². The highest BCUT2D eigenvalue weighted by Crippen LogP contribution is 2.10. The largest absolute Gasteiger partial charge is 0.480 e. The van der Waals surface area contributed by atoms with Crippen LogP contribution in [0.4, 0.5) is 0 Å². The van der Waals surface area contributed by atoms with Gasteiger partial charge in [0.05, 0.1) is 6.33 Å². The minimum Gasteiger partial charge on any atom is -0.480 e. The van der Waals surface area contributed by atoms with Crippen molar-refractivity contribution in [1.29, 1.82) is 0 Å². The number of hydrogen-bond acceptors (Lipinski definition) is 3. The standard InChI is InChI=1S/C15H17N3O3/c1-2-10-5-3-4-6-12(10)14(19)18-13(15(20)21)7-11-8-16-9-17-11/h3-6,8-9,13H,2,7H2,1H3,(H,16,17)(H,18,19)(H,20,21)/t13-/m0/s1. The van der Waals surface area contributed by atoms with Crippen LogP contribution in [0.3, 0.4) is 0 Å². The molecule has 6 nitrogen and oxygen atoms in total. The Morgan fingerprint density at radius 3 is 2.76 bits per heavy atom. The van der Waals surface area contributed by atoms with Crippen LogP contribution in [0.25, 0.3) is 0 Å². The van der Waals surface area contributed by atoms with Crippen LogP contribution in [0.5, 0.6) is 0 Å². The molecule has 0 unspecified atom stereocenters. The van der Waals surface area contributed by atoms with Gasteiger partial charge in [-0.3, -0.25) is 4.79 Å². The zero-order valence-electron chi connectivity index (χ0n) is 11.7. The van der Waals surface area contributed by atoms with Gasteiger partial charge < -0.3 is 15.4 Å². The number of aromatic nitrogens is 2. The number of carbonyl (C=O) groups excluding carboxylic acids is 1. The molecule has 0 spiro atoms. The van der Waals surface area contributed by atoms with Crippen molar-refractivity contribution in [3.05, 3.63) is 53.6 Å². The fourth-order valence-corrected chi connectivity index (χ4v) is 2.10. The van der Waals surface area contributed by atoms with Gasteiger partial charge in [0.2, 0.25) is 0 Å². The number of nitrogens with one attached hydrogen (secondary N) is 2. The lowest BCUT2D eigenvalue weighted by Crippen LogP contribution is -2.42. The number of carbonyl (C=O) groups is 2. The fourth-order valence-electron chi connectivity index (χ4n) is 2.10. The molecule has 0 aliphatic heterocycles. The number of aromatic amines is 1. The molecule has 110 valence electrons. The second-order valence-corrected chi connectivity index (χ2v) is 4.66. The third kappa shape index (κ3) is 3.68. The molecule has 2 aromatic rings. The maximum atomic E-state index is 12.3. The summed E-state index contributed by atoms with van der Waals surface area (Å²) in [6.45, 7) is 1.95. The van der Waals surface area contributed by atoms with Crippen molar-refractivity contribution in [2.45, 2.75) is 25.8 Å². The average Bonchev–Trinajstić information content (AvgIpc) is 2.99. The van der Waals surface area contributed by atoms with E-state index in [2.05, 4.69) is 15.3 Å². The van der Waals surface area contributed by atoms with Crippen molar-refractivity contribution in [3.8, 4) is 0 Å². The minimum absolute atomic E-state index is 0.162. The highest BCUT2D eigenvalue weighted by atomic mass is 16.4. The van der Waals surface area contributed by atoms with Gasteiger partial charge in [0, 0.05) is 23.9 Å². The summed E-state index contributed by atoms with van der Waals surface area (Å²) < 4.78 is 0. The van der Waals surface area contributed by atoms with Crippen LogP contribution in [0.15, 0.2) is 36.8 Å². The van der Waals surface area contributed by atoms with E-state index in [4.69, 9.17) is 0 Å². The van der Waals surface area contributed by atoms with Crippen LogP contribution < -0.4 is 5.32 Å². The van der Waals surface area contributed by atoms with E-state index in [-0.39, 0.29) is 12.3 Å². The molecule has 1 heterocycles. The molecule has 0 aliphatic carbocycles. The third-order valence-electron chi connectivity index (χ3n) is 3.23. The van der Waals surface area contributed by atoms with E-state index in [9.17, 15) is 14.7 Å². The summed E-state index contributed by atoms with van der Waals surface area (Å²) in [4.78, 5) is 30.2. The number of benzene rings is 1. The Morgan fingerprint density at radius 2 is 2.14 bits per heavy atom. The predicted molar refractivity (Wildman–Crippen MR) is 77.0 cm³/mol. The number of carboxylic acid groups (broad SMARTS) is 1. The number of amides is 1. The van der Waals surface area contributed by atoms with Gasteiger partial charge in [-0.1, -0.05) is 25.1 Å². The molecule has 1 aromatic heterocycles. The molecule has 0 fully saturated rings. The number of aryl methyl sites for hydroxylation is 1. The number of imidazole rings is 1. The molecular weight excluding hydrogens is 270 g/mol. The van der Waals surface area contributed by atoms with Crippen LogP contribution >= 0.6 is 0 Å². The van der Waals surface area contributed by atoms with Crippen LogP contribution in [-0.2, 0) is 17.6 Å². The molecule has 0 aliphatic rings. The van der Waals surface area contributed by atoms with Crippen molar-refractivity contribution >= 4 is 11.9 Å². The van der Waals surface area contributed by atoms with E-state index in [0.717, 1.165) is 5.56 Å². The van der Waals surface area contributed by atoms with Crippen LogP contribution in [0.1, 0.15) is 28.5 Å². The fraction of sp³-hybridized carbons (Fsp3) is 0.267. The lowest BCUT2D eigenvalue weighted by atomic mass is 10.0. The Balaban J connectivity index is 2.13. The predicted octanol–water partition coefficient (Wildman–Crippen LogP) is 1.40. The normalized spacial score (nSPS) is 11.9. The van der Waals surface area contributed by atoms with Crippen molar-refractivity contribution in [1.82, 2.24) is 15.3 Å². The van der Waals surface area contributed by atoms with Crippen LogP contribution in [0.2, 0.25) is 0 Å². The first kappa shape index (κ1) is 14.8. The zero-order chi connectivity index (χ0) is 15.2. The molecule has 0 saturated heterocycles. The number of nitrogens with zero attached hydrogens (tertiary/aromatic N) is 1. The average molecular weight is 287 g/mol. The smallest absolute Gasteiger partial charge is 0.326 e. The van der Waals surface area contributed by atoms with Crippen LogP contribution in [-0.4, -0.2) is 33.0 Å². The second kappa shape index (κ2) is 6.69. The zero-order valence-corrected chi connectivity index (χ0v) is 11.7. The van der Waals surface area contributed by atoms with Crippen molar-refractivity contribution in [3.63, 3.8) is 0 Å². The summed E-state index contributed by atoms with van der Waals surface area (Å²) in [5, 5.41) is 11.8. The van der Waals surface area contributed by atoms with Gasteiger partial charge in [0.1, 0.15) is 6.04 Å². The van der Waals surface area contributed by atoms with Gasteiger partial charge in [-0.05, 0) is 18.1 Å². The first-order valence-electron chi connectivity index (χ1n) is 6.70. The molecule has 1 aromatic carbocycles. The van der Waals surface area contributed by atoms with E-state index >= 15 is 0 Å². The topological polar surface area (TPSA) is 95.1 Å². The maximum Gasteiger partial charge on any atom is 0.326 e. The van der Waals surface area contributed by atoms with E-state index in [1.54, 1.807) is 18.3 Å². The Morgan fingerprint density at radius 1 is 1.38 bits per heavy atom. The summed E-state index contributed by atoms with van der Waals surface area (Å²) in [6.07, 6.45) is 3.89. The lowest BCUT2D eigenvalue weighted by Gasteiger charge is -2.15. The number of rotatable bonds is 6. The summed E-state index contributed by atoms with van der Waals surface area (Å²) in [5.74, 6) is -1.45. The number of carboxylic acids is 1. The number of H-pyrrole nitrogens is 1. The Labute approximate surface area is 122 Å². The summed E-state index contributed by atoms with van der Waals surface area (Å²) in [5.41, 5.74) is 2.06. The van der Waals surface area contributed by atoms with Crippen molar-refractivity contribution < 1.29 is 14.7 Å². The molecule has 0 bridgehead atoms. The molecule has 6 heteroatoms. The van der Waals surface area contributed by atoms with Crippen LogP contribution in [0, 0.1) is 0 Å². The summed E-state index contributed by atoms with van der Waals surface area (Å²) in [6, 6.07) is 6.18. The molecule has 0 saturated carbocycles. The van der Waals surface area contributed by atoms with Gasteiger partial charge in [0.25, 0.3) is 5.91 Å². The van der Waals surface area contributed by atoms with E-state index in [0.29, 0.717) is 17.7 Å². The van der Waals surface area contributed by atoms with Gasteiger partial charge >= 0.3 is 5.97 Å². The van der Waals surface area contributed by atoms with Gasteiger partial charge in [-0.15, -0.1) is 0 Å². The van der Waals surface area contributed by atoms with Gasteiger partial charge in [-0.2, -0.15) is 0 Å². The Hall–Kier alpha value is -2.63. The summed E-state index contributed by atoms with van der Waals surface area (Å²) >= 11 is 0. The van der Waals surface area contributed by atoms with Gasteiger partial charge in [0.15, 0.2) is 0 Å². The number of aliphatic carboxylic acids is 1. The molecule has 3 N–H and O–H groups in total. The summed E-state index contributed by atoms with van der Waals surface area (Å²) in [7, 11) is 0. The van der Waals surface area contributed by atoms with E-state index in [1.165, 1.54) is 6.33 Å². The molecule has 1 atom stereocenters. The Bertz CT molecular complexity index is 623. The first-order chi connectivity index (χ1) is 10.1.